The van der Waals surface area contributed by atoms with Crippen LogP contribution in [0.3, 0.4) is 0 Å². The third kappa shape index (κ3) is 3.88. The summed E-state index contributed by atoms with van der Waals surface area (Å²) in [5.41, 5.74) is 0.334. The highest BCUT2D eigenvalue weighted by molar-refractivity contribution is 5.92. The monoisotopic (exact) mass is 309 g/mol. The number of aryl methyl sites for hydroxylation is 1. The number of rotatable bonds is 9. The Balaban J connectivity index is 2.89. The van der Waals surface area contributed by atoms with Crippen LogP contribution in [0.5, 0.6) is 0 Å². The van der Waals surface area contributed by atoms with E-state index in [9.17, 15) is 4.79 Å². The molecule has 1 heterocycles. The number of amides is 1. The molecule has 0 fully saturated rings. The van der Waals surface area contributed by atoms with Crippen LogP contribution < -0.4 is 5.32 Å². The number of likely N-dealkylation sites (N-methyl/N-ethyl adjacent to an activating group) is 1. The van der Waals surface area contributed by atoms with Crippen molar-refractivity contribution >= 4 is 5.91 Å². The van der Waals surface area contributed by atoms with E-state index < -0.39 is 0 Å². The third-order valence-electron chi connectivity index (χ3n) is 4.82. The SMILES string of the molecule is CCCC(CC)(C(C)NC(=O)c1cc(CC)on1)N(C)CC. The van der Waals surface area contributed by atoms with Gasteiger partial charge in [0.15, 0.2) is 5.69 Å². The van der Waals surface area contributed by atoms with Crippen LogP contribution in [0.15, 0.2) is 10.6 Å². The largest absolute Gasteiger partial charge is 0.361 e. The van der Waals surface area contributed by atoms with Crippen LogP contribution in [0, 0.1) is 0 Å². The molecule has 1 aromatic rings. The van der Waals surface area contributed by atoms with Gasteiger partial charge in [0.1, 0.15) is 5.76 Å². The fourth-order valence-electron chi connectivity index (χ4n) is 3.23. The van der Waals surface area contributed by atoms with E-state index in [2.05, 4.69) is 50.1 Å². The van der Waals surface area contributed by atoms with Gasteiger partial charge < -0.3 is 9.84 Å². The summed E-state index contributed by atoms with van der Waals surface area (Å²) in [6.45, 7) is 11.6. The molecule has 0 bridgehead atoms. The molecule has 0 aliphatic rings. The van der Waals surface area contributed by atoms with Gasteiger partial charge in [-0.1, -0.05) is 39.3 Å². The molecule has 0 saturated heterocycles. The van der Waals surface area contributed by atoms with Crippen LogP contribution in [0.25, 0.3) is 0 Å². The Kier molecular flexibility index (Phi) is 7.07. The summed E-state index contributed by atoms with van der Waals surface area (Å²) < 4.78 is 5.12. The maximum atomic E-state index is 12.4. The van der Waals surface area contributed by atoms with Gasteiger partial charge in [-0.3, -0.25) is 9.69 Å². The van der Waals surface area contributed by atoms with Gasteiger partial charge in [-0.25, -0.2) is 0 Å². The van der Waals surface area contributed by atoms with E-state index in [0.717, 1.165) is 38.0 Å². The van der Waals surface area contributed by atoms with Gasteiger partial charge in [0.05, 0.1) is 0 Å². The second kappa shape index (κ2) is 8.32. The molecule has 1 aromatic heterocycles. The number of aromatic nitrogens is 1. The quantitative estimate of drug-likeness (QED) is 0.760. The van der Waals surface area contributed by atoms with Crippen LogP contribution in [0.1, 0.15) is 70.1 Å². The number of hydrogen-bond acceptors (Lipinski definition) is 4. The van der Waals surface area contributed by atoms with Crippen molar-refractivity contribution in [2.24, 2.45) is 0 Å². The highest BCUT2D eigenvalue weighted by Crippen LogP contribution is 2.28. The molecule has 2 unspecified atom stereocenters. The first-order chi connectivity index (χ1) is 10.4. The van der Waals surface area contributed by atoms with Crippen molar-refractivity contribution in [2.45, 2.75) is 71.9 Å². The fourth-order valence-corrected chi connectivity index (χ4v) is 3.23. The lowest BCUT2D eigenvalue weighted by Gasteiger charge is -2.46. The van der Waals surface area contributed by atoms with Crippen LogP contribution in [0.4, 0.5) is 0 Å². The number of hydrogen-bond donors (Lipinski definition) is 1. The van der Waals surface area contributed by atoms with Gasteiger partial charge in [-0.05, 0) is 33.4 Å². The van der Waals surface area contributed by atoms with E-state index in [1.807, 2.05) is 6.92 Å². The lowest BCUT2D eigenvalue weighted by molar-refractivity contribution is 0.0606. The zero-order valence-corrected chi connectivity index (χ0v) is 14.9. The Morgan fingerprint density at radius 3 is 2.55 bits per heavy atom. The topological polar surface area (TPSA) is 58.4 Å². The molecule has 2 atom stereocenters. The van der Waals surface area contributed by atoms with Gasteiger partial charge in [0, 0.05) is 24.1 Å². The Bertz CT molecular complexity index is 472. The Hall–Kier alpha value is -1.36. The third-order valence-corrected chi connectivity index (χ3v) is 4.82. The summed E-state index contributed by atoms with van der Waals surface area (Å²) >= 11 is 0. The van der Waals surface area contributed by atoms with Gasteiger partial charge in [-0.2, -0.15) is 0 Å². The molecule has 0 aliphatic heterocycles. The summed E-state index contributed by atoms with van der Waals surface area (Å²) in [4.78, 5) is 14.8. The van der Waals surface area contributed by atoms with Gasteiger partial charge in [0.2, 0.25) is 0 Å². The first-order valence-corrected chi connectivity index (χ1v) is 8.42. The molecule has 126 valence electrons. The molecule has 1 rings (SSSR count). The Morgan fingerprint density at radius 2 is 2.09 bits per heavy atom. The minimum Gasteiger partial charge on any atom is -0.361 e. The molecule has 5 nitrogen and oxygen atoms in total. The maximum absolute atomic E-state index is 12.4. The first kappa shape index (κ1) is 18.7. The minimum atomic E-state index is -0.158. The summed E-state index contributed by atoms with van der Waals surface area (Å²) in [6.07, 6.45) is 3.87. The molecule has 0 aromatic carbocycles. The zero-order valence-electron chi connectivity index (χ0n) is 14.9. The Labute approximate surface area is 134 Å². The predicted molar refractivity (Wildman–Crippen MR) is 89.0 cm³/mol. The average molecular weight is 309 g/mol. The minimum absolute atomic E-state index is 0.0313. The second-order valence-electron chi connectivity index (χ2n) is 5.95. The smallest absolute Gasteiger partial charge is 0.273 e. The van der Waals surface area contributed by atoms with Crippen molar-refractivity contribution in [3.8, 4) is 0 Å². The molecular formula is C17H31N3O2. The number of nitrogens with zero attached hydrogens (tertiary/aromatic N) is 2. The van der Waals surface area contributed by atoms with Crippen LogP contribution in [0.2, 0.25) is 0 Å². The van der Waals surface area contributed by atoms with Crippen molar-refractivity contribution in [3.63, 3.8) is 0 Å². The van der Waals surface area contributed by atoms with Crippen molar-refractivity contribution in [1.29, 1.82) is 0 Å². The van der Waals surface area contributed by atoms with Crippen molar-refractivity contribution in [1.82, 2.24) is 15.4 Å². The van der Waals surface area contributed by atoms with E-state index >= 15 is 0 Å². The van der Waals surface area contributed by atoms with Crippen molar-refractivity contribution < 1.29 is 9.32 Å². The van der Waals surface area contributed by atoms with Gasteiger partial charge in [0.25, 0.3) is 5.91 Å². The number of carbonyl (C=O) groups excluding carboxylic acids is 1. The average Bonchev–Trinajstić information content (AvgIpc) is 3.00. The molecule has 0 spiro atoms. The molecule has 22 heavy (non-hydrogen) atoms. The van der Waals surface area contributed by atoms with Crippen molar-refractivity contribution in [2.75, 3.05) is 13.6 Å². The number of nitrogens with one attached hydrogen (secondary N) is 1. The maximum Gasteiger partial charge on any atom is 0.273 e. The molecule has 1 amide bonds. The predicted octanol–water partition coefficient (Wildman–Crippen LogP) is 3.26. The van der Waals surface area contributed by atoms with E-state index in [1.165, 1.54) is 0 Å². The standard InChI is InChI=1S/C17H31N3O2/c1-7-11-17(9-3,20(6)10-4)13(5)18-16(21)15-12-14(8-2)22-19-15/h12-13H,7-11H2,1-6H3,(H,18,21). The van der Waals surface area contributed by atoms with Crippen LogP contribution in [-0.4, -0.2) is 41.1 Å². The highest BCUT2D eigenvalue weighted by atomic mass is 16.5. The Morgan fingerprint density at radius 1 is 1.41 bits per heavy atom. The number of carbonyl (C=O) groups is 1. The summed E-state index contributed by atoms with van der Waals surface area (Å²) in [5, 5.41) is 6.98. The van der Waals surface area contributed by atoms with Gasteiger partial charge >= 0.3 is 0 Å². The van der Waals surface area contributed by atoms with E-state index in [-0.39, 0.29) is 17.5 Å². The zero-order chi connectivity index (χ0) is 16.8. The van der Waals surface area contributed by atoms with Crippen LogP contribution in [-0.2, 0) is 6.42 Å². The second-order valence-corrected chi connectivity index (χ2v) is 5.95. The lowest BCUT2D eigenvalue weighted by Crippen LogP contribution is -2.59. The van der Waals surface area contributed by atoms with E-state index in [4.69, 9.17) is 4.52 Å². The normalized spacial score (nSPS) is 15.6. The van der Waals surface area contributed by atoms with Crippen molar-refractivity contribution in [3.05, 3.63) is 17.5 Å². The fraction of sp³-hybridized carbons (Fsp3) is 0.765. The molecule has 0 saturated carbocycles. The summed E-state index contributed by atoms with van der Waals surface area (Å²) in [5.74, 6) is 0.577. The van der Waals surface area contributed by atoms with E-state index in [0.29, 0.717) is 5.69 Å². The molecule has 5 heteroatoms. The summed E-state index contributed by atoms with van der Waals surface area (Å²) in [7, 11) is 2.13. The molecule has 1 N–H and O–H groups in total. The first-order valence-electron chi connectivity index (χ1n) is 8.42. The highest BCUT2D eigenvalue weighted by Gasteiger charge is 2.38. The lowest BCUT2D eigenvalue weighted by atomic mass is 9.82. The van der Waals surface area contributed by atoms with Crippen LogP contribution >= 0.6 is 0 Å². The molecule has 0 radical (unpaired) electrons. The summed E-state index contributed by atoms with van der Waals surface area (Å²) in [6, 6.07) is 1.76. The van der Waals surface area contributed by atoms with Gasteiger partial charge in [-0.15, -0.1) is 0 Å². The molecular weight excluding hydrogens is 278 g/mol. The molecule has 0 aliphatic carbocycles. The van der Waals surface area contributed by atoms with E-state index in [1.54, 1.807) is 6.07 Å².